The minimum Gasteiger partial charge on any atom is -0.397 e. The fourth-order valence-electron chi connectivity index (χ4n) is 2.13. The Morgan fingerprint density at radius 1 is 1.00 bits per heavy atom. The summed E-state index contributed by atoms with van der Waals surface area (Å²) in [6.45, 7) is 8.03. The van der Waals surface area contributed by atoms with Gasteiger partial charge in [-0.05, 0) is 42.9 Å². The van der Waals surface area contributed by atoms with Gasteiger partial charge in [-0.2, -0.15) is 0 Å². The average molecular weight is 329 g/mol. The molecule has 0 saturated carbocycles. The average Bonchev–Trinajstić information content (AvgIpc) is 2.54. The third kappa shape index (κ3) is 7.46. The Hall–Kier alpha value is -0.353. The highest BCUT2D eigenvalue weighted by Gasteiger charge is 2.13. The molecule has 1 aromatic carbocycles. The van der Waals surface area contributed by atoms with E-state index >= 15 is 0 Å². The van der Waals surface area contributed by atoms with Crippen LogP contribution in [0.5, 0.6) is 0 Å². The summed E-state index contributed by atoms with van der Waals surface area (Å²) in [5.41, 5.74) is 2.55. The summed E-state index contributed by atoms with van der Waals surface area (Å²) in [6.07, 6.45) is 4.11. The van der Waals surface area contributed by atoms with Crippen molar-refractivity contribution in [2.45, 2.75) is 57.9 Å². The number of hydrogen-bond acceptors (Lipinski definition) is 2. The Labute approximate surface area is 136 Å². The van der Waals surface area contributed by atoms with Crippen LogP contribution >= 0.6 is 11.6 Å². The fraction of sp³-hybridized carbons (Fsp3) is 0.647. The molecular weight excluding hydrogens is 300 g/mol. The SMILES string of the molecule is CCCO[SiH](CCc1ccc(C(Cl)CC)cc1)OCCC. The van der Waals surface area contributed by atoms with Gasteiger partial charge in [0, 0.05) is 13.2 Å². The summed E-state index contributed by atoms with van der Waals surface area (Å²) in [5.74, 6) is 0. The van der Waals surface area contributed by atoms with Crippen molar-refractivity contribution in [3.8, 4) is 0 Å². The van der Waals surface area contributed by atoms with Crippen LogP contribution in [0.1, 0.15) is 56.5 Å². The summed E-state index contributed by atoms with van der Waals surface area (Å²) in [5, 5.41) is 0.127. The zero-order chi connectivity index (χ0) is 15.5. The molecule has 0 aromatic heterocycles. The van der Waals surface area contributed by atoms with E-state index < -0.39 is 9.28 Å². The first-order valence-electron chi connectivity index (χ1n) is 8.17. The molecule has 0 N–H and O–H groups in total. The zero-order valence-electron chi connectivity index (χ0n) is 13.6. The zero-order valence-corrected chi connectivity index (χ0v) is 15.5. The molecule has 1 atom stereocenters. The predicted molar refractivity (Wildman–Crippen MR) is 93.5 cm³/mol. The first-order valence-corrected chi connectivity index (χ1v) is 10.4. The Balaban J connectivity index is 2.46. The van der Waals surface area contributed by atoms with Crippen molar-refractivity contribution in [1.29, 1.82) is 0 Å². The molecular formula is C17H29ClO2Si. The molecule has 0 saturated heterocycles. The molecule has 4 heteroatoms. The van der Waals surface area contributed by atoms with E-state index in [0.717, 1.165) is 44.9 Å². The lowest BCUT2D eigenvalue weighted by atomic mass is 10.1. The highest BCUT2D eigenvalue weighted by Crippen LogP contribution is 2.24. The number of alkyl halides is 1. The van der Waals surface area contributed by atoms with Gasteiger partial charge in [-0.1, -0.05) is 45.0 Å². The monoisotopic (exact) mass is 328 g/mol. The summed E-state index contributed by atoms with van der Waals surface area (Å²) in [6, 6.07) is 9.70. The van der Waals surface area contributed by atoms with Gasteiger partial charge in [-0.3, -0.25) is 0 Å². The lowest BCUT2D eigenvalue weighted by Crippen LogP contribution is -2.24. The largest absolute Gasteiger partial charge is 0.397 e. The van der Waals surface area contributed by atoms with Crippen molar-refractivity contribution in [3.63, 3.8) is 0 Å². The van der Waals surface area contributed by atoms with E-state index in [1.165, 1.54) is 11.1 Å². The third-order valence-corrected chi connectivity index (χ3v) is 5.92. The summed E-state index contributed by atoms with van der Waals surface area (Å²) in [4.78, 5) is 0. The Morgan fingerprint density at radius 3 is 2.05 bits per heavy atom. The Morgan fingerprint density at radius 2 is 1.57 bits per heavy atom. The van der Waals surface area contributed by atoms with E-state index in [-0.39, 0.29) is 5.38 Å². The molecule has 1 rings (SSSR count). The first kappa shape index (κ1) is 18.7. The molecule has 0 fully saturated rings. The van der Waals surface area contributed by atoms with Gasteiger partial charge in [-0.25, -0.2) is 0 Å². The molecule has 1 aromatic rings. The van der Waals surface area contributed by atoms with Crippen molar-refractivity contribution in [2.75, 3.05) is 13.2 Å². The van der Waals surface area contributed by atoms with Crippen LogP contribution in [-0.2, 0) is 15.3 Å². The van der Waals surface area contributed by atoms with Gasteiger partial charge in [0.1, 0.15) is 0 Å². The molecule has 0 spiro atoms. The smallest absolute Gasteiger partial charge is 0.321 e. The maximum absolute atomic E-state index is 6.25. The normalized spacial score (nSPS) is 12.8. The van der Waals surface area contributed by atoms with Gasteiger partial charge in [-0.15, -0.1) is 11.6 Å². The molecule has 2 nitrogen and oxygen atoms in total. The molecule has 120 valence electrons. The number of halogens is 1. The third-order valence-electron chi connectivity index (χ3n) is 3.38. The molecule has 0 radical (unpaired) electrons. The fourth-order valence-corrected chi connectivity index (χ4v) is 4.27. The van der Waals surface area contributed by atoms with Crippen molar-refractivity contribution >= 4 is 20.9 Å². The lowest BCUT2D eigenvalue weighted by molar-refractivity contribution is 0.196. The molecule has 21 heavy (non-hydrogen) atoms. The van der Waals surface area contributed by atoms with E-state index in [4.69, 9.17) is 20.5 Å². The molecule has 0 heterocycles. The highest BCUT2D eigenvalue weighted by atomic mass is 35.5. The van der Waals surface area contributed by atoms with Gasteiger partial charge in [0.25, 0.3) is 0 Å². The number of rotatable bonds is 11. The van der Waals surface area contributed by atoms with Crippen LogP contribution in [0.25, 0.3) is 0 Å². The van der Waals surface area contributed by atoms with Crippen molar-refractivity contribution in [3.05, 3.63) is 35.4 Å². The minimum absolute atomic E-state index is 0.127. The van der Waals surface area contributed by atoms with E-state index in [1.54, 1.807) is 0 Å². The van der Waals surface area contributed by atoms with Crippen molar-refractivity contribution in [1.82, 2.24) is 0 Å². The Kier molecular flexibility index (Phi) is 10.0. The molecule has 0 aliphatic rings. The maximum Gasteiger partial charge on any atom is 0.321 e. The van der Waals surface area contributed by atoms with Crippen LogP contribution in [0.2, 0.25) is 6.04 Å². The molecule has 0 aliphatic heterocycles. The molecule has 1 unspecified atom stereocenters. The van der Waals surface area contributed by atoms with Crippen molar-refractivity contribution < 1.29 is 8.85 Å². The maximum atomic E-state index is 6.25. The second kappa shape index (κ2) is 11.2. The van der Waals surface area contributed by atoms with Gasteiger partial charge in [0.2, 0.25) is 0 Å². The van der Waals surface area contributed by atoms with E-state index in [9.17, 15) is 0 Å². The van der Waals surface area contributed by atoms with Gasteiger partial charge in [0.05, 0.1) is 5.38 Å². The number of aryl methyl sites for hydroxylation is 1. The second-order valence-corrected chi connectivity index (χ2v) is 7.96. The highest BCUT2D eigenvalue weighted by molar-refractivity contribution is 6.44. The van der Waals surface area contributed by atoms with E-state index in [1.807, 2.05) is 0 Å². The number of hydrogen-bond donors (Lipinski definition) is 0. The first-order chi connectivity index (χ1) is 10.2. The topological polar surface area (TPSA) is 18.5 Å². The van der Waals surface area contributed by atoms with E-state index in [0.29, 0.717) is 0 Å². The van der Waals surface area contributed by atoms with Crippen LogP contribution in [-0.4, -0.2) is 22.5 Å². The number of benzene rings is 1. The van der Waals surface area contributed by atoms with Crippen LogP contribution in [0.3, 0.4) is 0 Å². The minimum atomic E-state index is -1.50. The second-order valence-electron chi connectivity index (χ2n) is 5.33. The summed E-state index contributed by atoms with van der Waals surface area (Å²) in [7, 11) is -1.50. The van der Waals surface area contributed by atoms with Crippen LogP contribution < -0.4 is 0 Å². The van der Waals surface area contributed by atoms with Gasteiger partial charge < -0.3 is 8.85 Å². The lowest BCUT2D eigenvalue weighted by Gasteiger charge is -2.16. The quantitative estimate of drug-likeness (QED) is 0.420. The molecule has 0 bridgehead atoms. The summed E-state index contributed by atoms with van der Waals surface area (Å²) >= 11 is 6.25. The van der Waals surface area contributed by atoms with Crippen LogP contribution in [0.4, 0.5) is 0 Å². The molecule has 0 amide bonds. The Bertz CT molecular complexity index is 362. The predicted octanol–water partition coefficient (Wildman–Crippen LogP) is 4.99. The van der Waals surface area contributed by atoms with Crippen molar-refractivity contribution in [2.24, 2.45) is 0 Å². The van der Waals surface area contributed by atoms with Gasteiger partial charge in [0.15, 0.2) is 0 Å². The van der Waals surface area contributed by atoms with Gasteiger partial charge >= 0.3 is 9.28 Å². The standard InChI is InChI=1S/C17H29ClO2Si/c1-4-12-19-21(20-13-5-2)14-11-15-7-9-16(10-8-15)17(18)6-3/h7-10,17,21H,4-6,11-14H2,1-3H3. The van der Waals surface area contributed by atoms with E-state index in [2.05, 4.69) is 45.0 Å². The van der Waals surface area contributed by atoms with Crippen LogP contribution in [0.15, 0.2) is 24.3 Å². The summed E-state index contributed by atoms with van der Waals surface area (Å²) < 4.78 is 11.8. The molecule has 0 aliphatic carbocycles. The van der Waals surface area contributed by atoms with Crippen LogP contribution in [0, 0.1) is 0 Å².